The molecular weight excluding hydrogens is 242 g/mol. The number of hydrogen-bond donors (Lipinski definition) is 3. The summed E-state index contributed by atoms with van der Waals surface area (Å²) >= 11 is 3.39. The molecule has 0 bridgehead atoms. The van der Waals surface area contributed by atoms with E-state index in [1.807, 2.05) is 24.3 Å². The molecule has 5 N–H and O–H groups in total. The Morgan fingerprint density at radius 3 is 2.86 bits per heavy atom. The van der Waals surface area contributed by atoms with Gasteiger partial charge in [-0.1, -0.05) is 22.0 Å². The van der Waals surface area contributed by atoms with Crippen LogP contribution in [0.5, 0.6) is 0 Å². The molecule has 1 rings (SSSR count). The molecule has 0 aliphatic heterocycles. The van der Waals surface area contributed by atoms with Crippen molar-refractivity contribution in [1.82, 2.24) is 5.43 Å². The lowest BCUT2D eigenvalue weighted by Gasteiger charge is -2.16. The van der Waals surface area contributed by atoms with Gasteiger partial charge in [0.05, 0.1) is 6.04 Å². The molecule has 1 aromatic rings. The number of benzene rings is 1. The number of halogens is 1. The van der Waals surface area contributed by atoms with Gasteiger partial charge in [0.2, 0.25) is 0 Å². The van der Waals surface area contributed by atoms with Crippen LogP contribution in [0.3, 0.4) is 0 Å². The summed E-state index contributed by atoms with van der Waals surface area (Å²) in [5.41, 5.74) is 10.3. The zero-order valence-electron chi connectivity index (χ0n) is 7.83. The van der Waals surface area contributed by atoms with Crippen molar-refractivity contribution in [3.8, 4) is 0 Å². The molecule has 76 valence electrons. The number of hydrogen-bond acceptors (Lipinski definition) is 3. The van der Waals surface area contributed by atoms with Gasteiger partial charge in [-0.2, -0.15) is 0 Å². The van der Waals surface area contributed by atoms with Crippen molar-refractivity contribution in [2.75, 3.05) is 5.73 Å². The first-order valence-electron chi connectivity index (χ1n) is 4.31. The summed E-state index contributed by atoms with van der Waals surface area (Å²) in [5, 5.41) is 0. The predicted octanol–water partition coefficient (Wildman–Crippen LogP) is 2.11. The van der Waals surface area contributed by atoms with Crippen LogP contribution in [0, 0.1) is 0 Å². The zero-order valence-corrected chi connectivity index (χ0v) is 9.42. The van der Waals surface area contributed by atoms with Gasteiger partial charge >= 0.3 is 0 Å². The van der Waals surface area contributed by atoms with Gasteiger partial charge in [-0.15, -0.1) is 6.58 Å². The van der Waals surface area contributed by atoms with Crippen LogP contribution in [0.1, 0.15) is 18.0 Å². The van der Waals surface area contributed by atoms with Crippen molar-refractivity contribution in [3.05, 3.63) is 40.9 Å². The molecular formula is C10H14BrN3. The first kappa shape index (κ1) is 11.2. The first-order chi connectivity index (χ1) is 6.69. The zero-order chi connectivity index (χ0) is 10.6. The maximum Gasteiger partial charge on any atom is 0.0515 e. The predicted molar refractivity (Wildman–Crippen MR) is 63.4 cm³/mol. The van der Waals surface area contributed by atoms with E-state index in [0.29, 0.717) is 0 Å². The third-order valence-corrected chi connectivity index (χ3v) is 2.52. The van der Waals surface area contributed by atoms with Crippen molar-refractivity contribution in [3.63, 3.8) is 0 Å². The third kappa shape index (κ3) is 2.57. The molecule has 0 fully saturated rings. The smallest absolute Gasteiger partial charge is 0.0515 e. The second-order valence-corrected chi connectivity index (χ2v) is 3.93. The van der Waals surface area contributed by atoms with Crippen molar-refractivity contribution in [2.24, 2.45) is 5.84 Å². The highest BCUT2D eigenvalue weighted by molar-refractivity contribution is 9.10. The first-order valence-corrected chi connectivity index (χ1v) is 5.10. The van der Waals surface area contributed by atoms with Crippen LogP contribution < -0.4 is 17.0 Å². The monoisotopic (exact) mass is 255 g/mol. The number of hydrazine groups is 1. The molecule has 0 saturated carbocycles. The molecule has 0 radical (unpaired) electrons. The van der Waals surface area contributed by atoms with Crippen molar-refractivity contribution < 1.29 is 0 Å². The van der Waals surface area contributed by atoms with Crippen molar-refractivity contribution in [1.29, 1.82) is 0 Å². The number of nitrogen functional groups attached to an aromatic ring is 1. The fraction of sp³-hybridized carbons (Fsp3) is 0.200. The Labute approximate surface area is 92.3 Å². The second-order valence-electron chi connectivity index (χ2n) is 3.02. The molecule has 1 atom stereocenters. The molecule has 4 heteroatoms. The maximum absolute atomic E-state index is 5.85. The summed E-state index contributed by atoms with van der Waals surface area (Å²) in [5.74, 6) is 5.44. The van der Waals surface area contributed by atoms with E-state index in [9.17, 15) is 0 Å². The second kappa shape index (κ2) is 5.14. The third-order valence-electron chi connectivity index (χ3n) is 2.03. The van der Waals surface area contributed by atoms with Gasteiger partial charge in [0, 0.05) is 10.2 Å². The van der Waals surface area contributed by atoms with Crippen molar-refractivity contribution >= 4 is 21.6 Å². The summed E-state index contributed by atoms with van der Waals surface area (Å²) in [6.45, 7) is 3.68. The molecule has 0 amide bonds. The van der Waals surface area contributed by atoms with E-state index in [4.69, 9.17) is 11.6 Å². The highest BCUT2D eigenvalue weighted by Gasteiger charge is 2.11. The minimum absolute atomic E-state index is 0.0185. The lowest BCUT2D eigenvalue weighted by molar-refractivity contribution is 0.563. The Morgan fingerprint density at radius 2 is 2.29 bits per heavy atom. The number of nitrogens with one attached hydrogen (secondary N) is 1. The van der Waals surface area contributed by atoms with Crippen LogP contribution in [0.2, 0.25) is 0 Å². The van der Waals surface area contributed by atoms with Crippen LogP contribution in [0.4, 0.5) is 5.69 Å². The van der Waals surface area contributed by atoms with E-state index in [1.165, 1.54) is 0 Å². The standard InChI is InChI=1S/C10H14BrN3/c1-2-3-10(14-13)8-6-7(11)4-5-9(8)12/h2,4-6,10,14H,1,3,12-13H2. The SMILES string of the molecule is C=CCC(NN)c1cc(Br)ccc1N. The summed E-state index contributed by atoms with van der Waals surface area (Å²) in [6, 6.07) is 5.74. The van der Waals surface area contributed by atoms with E-state index < -0.39 is 0 Å². The Bertz CT molecular complexity index is 325. The Morgan fingerprint density at radius 1 is 1.57 bits per heavy atom. The summed E-state index contributed by atoms with van der Waals surface area (Å²) in [6.07, 6.45) is 2.56. The lowest BCUT2D eigenvalue weighted by atomic mass is 10.0. The average Bonchev–Trinajstić information content (AvgIpc) is 2.18. The van der Waals surface area contributed by atoms with E-state index in [0.717, 1.165) is 22.1 Å². The van der Waals surface area contributed by atoms with Crippen LogP contribution in [-0.2, 0) is 0 Å². The fourth-order valence-corrected chi connectivity index (χ4v) is 1.68. The fourth-order valence-electron chi connectivity index (χ4n) is 1.30. The van der Waals surface area contributed by atoms with Gasteiger partial charge in [-0.25, -0.2) is 0 Å². The minimum Gasteiger partial charge on any atom is -0.398 e. The molecule has 0 heterocycles. The quantitative estimate of drug-likeness (QED) is 0.334. The van der Waals surface area contributed by atoms with E-state index in [2.05, 4.69) is 27.9 Å². The van der Waals surface area contributed by atoms with Crippen molar-refractivity contribution in [2.45, 2.75) is 12.5 Å². The minimum atomic E-state index is 0.0185. The molecule has 14 heavy (non-hydrogen) atoms. The summed E-state index contributed by atoms with van der Waals surface area (Å²) < 4.78 is 0.992. The van der Waals surface area contributed by atoms with Gasteiger partial charge in [0.1, 0.15) is 0 Å². The molecule has 1 unspecified atom stereocenters. The largest absolute Gasteiger partial charge is 0.398 e. The Hall–Kier alpha value is -0.840. The van der Waals surface area contributed by atoms with Gasteiger partial charge in [0.15, 0.2) is 0 Å². The number of rotatable bonds is 4. The van der Waals surface area contributed by atoms with Crippen LogP contribution >= 0.6 is 15.9 Å². The summed E-state index contributed by atoms with van der Waals surface area (Å²) in [4.78, 5) is 0. The number of anilines is 1. The van der Waals surface area contributed by atoms with Crippen LogP contribution in [-0.4, -0.2) is 0 Å². The number of nitrogens with two attached hydrogens (primary N) is 2. The van der Waals surface area contributed by atoms with Gasteiger partial charge in [0.25, 0.3) is 0 Å². The average molecular weight is 256 g/mol. The van der Waals surface area contributed by atoms with E-state index in [-0.39, 0.29) is 6.04 Å². The van der Waals surface area contributed by atoms with Gasteiger partial charge < -0.3 is 5.73 Å². The normalized spacial score (nSPS) is 12.4. The van der Waals surface area contributed by atoms with Crippen LogP contribution in [0.25, 0.3) is 0 Å². The molecule has 3 nitrogen and oxygen atoms in total. The highest BCUT2D eigenvalue weighted by Crippen LogP contribution is 2.26. The Balaban J connectivity index is 3.01. The van der Waals surface area contributed by atoms with E-state index in [1.54, 1.807) is 0 Å². The topological polar surface area (TPSA) is 64.1 Å². The lowest BCUT2D eigenvalue weighted by Crippen LogP contribution is -2.28. The molecule has 0 spiro atoms. The molecule has 1 aromatic carbocycles. The molecule has 0 aliphatic rings. The van der Waals surface area contributed by atoms with Crippen LogP contribution in [0.15, 0.2) is 35.3 Å². The Kier molecular flexibility index (Phi) is 4.13. The molecule has 0 saturated heterocycles. The molecule has 0 aliphatic carbocycles. The maximum atomic E-state index is 5.85. The van der Waals surface area contributed by atoms with E-state index >= 15 is 0 Å². The highest BCUT2D eigenvalue weighted by atomic mass is 79.9. The molecule has 0 aromatic heterocycles. The van der Waals surface area contributed by atoms with Gasteiger partial charge in [-0.05, 0) is 30.2 Å². The van der Waals surface area contributed by atoms with Gasteiger partial charge in [-0.3, -0.25) is 11.3 Å². The summed E-state index contributed by atoms with van der Waals surface area (Å²) in [7, 11) is 0.